The van der Waals surface area contributed by atoms with Gasteiger partial charge in [-0.2, -0.15) is 5.26 Å². The van der Waals surface area contributed by atoms with Crippen LogP contribution in [0.15, 0.2) is 36.5 Å². The van der Waals surface area contributed by atoms with Crippen LogP contribution in [0.1, 0.15) is 38.8 Å². The van der Waals surface area contributed by atoms with Gasteiger partial charge in [0.25, 0.3) is 0 Å². The number of ether oxygens (including phenoxy) is 2. The summed E-state index contributed by atoms with van der Waals surface area (Å²) in [6.07, 6.45) is 1.78. The Labute approximate surface area is 184 Å². The standard InChI is InChI=1S/C24H30N4O3/c1-15(2)22(28-13-17(4)30-18(5)14-28)23(29)27-21-9-8-20(11-16(21)3)31-24-19(12-25)7-6-10-26-24/h6-11,15,17-18,22H,13-14H2,1-5H3,(H,27,29). The van der Waals surface area contributed by atoms with E-state index in [4.69, 9.17) is 9.47 Å². The van der Waals surface area contributed by atoms with Crippen LogP contribution in [0.4, 0.5) is 5.69 Å². The smallest absolute Gasteiger partial charge is 0.242 e. The number of nitrogens with zero attached hydrogens (tertiary/aromatic N) is 3. The molecular formula is C24H30N4O3. The fourth-order valence-electron chi connectivity index (χ4n) is 4.05. The Kier molecular flexibility index (Phi) is 7.26. The molecule has 1 aromatic carbocycles. The van der Waals surface area contributed by atoms with Crippen LogP contribution in [0.3, 0.4) is 0 Å². The van der Waals surface area contributed by atoms with Crippen molar-refractivity contribution in [2.45, 2.75) is 52.9 Å². The molecule has 0 bridgehead atoms. The molecule has 0 saturated carbocycles. The number of carbonyl (C=O) groups excluding carboxylic acids is 1. The van der Waals surface area contributed by atoms with Crippen molar-refractivity contribution in [2.75, 3.05) is 18.4 Å². The van der Waals surface area contributed by atoms with Gasteiger partial charge in [-0.25, -0.2) is 4.98 Å². The van der Waals surface area contributed by atoms with Gasteiger partial charge in [0.15, 0.2) is 0 Å². The fraction of sp³-hybridized carbons (Fsp3) is 0.458. The van der Waals surface area contributed by atoms with Crippen LogP contribution in [-0.2, 0) is 9.53 Å². The Morgan fingerprint density at radius 1 is 1.29 bits per heavy atom. The second kappa shape index (κ2) is 9.90. The second-order valence-electron chi connectivity index (χ2n) is 8.44. The third kappa shape index (κ3) is 5.60. The molecule has 7 heteroatoms. The number of anilines is 1. The molecule has 0 radical (unpaired) electrons. The SMILES string of the molecule is Cc1cc(Oc2ncccc2C#N)ccc1NC(=O)C(C(C)C)N1CC(C)OC(C)C1. The Bertz CT molecular complexity index is 960. The Hall–Kier alpha value is -2.95. The predicted octanol–water partition coefficient (Wildman–Crippen LogP) is 4.13. The number of pyridine rings is 1. The molecule has 2 heterocycles. The number of nitrogens with one attached hydrogen (secondary N) is 1. The molecule has 3 rings (SSSR count). The lowest BCUT2D eigenvalue weighted by atomic mass is 9.99. The molecule has 1 saturated heterocycles. The number of hydrogen-bond donors (Lipinski definition) is 1. The van der Waals surface area contributed by atoms with Crippen molar-refractivity contribution in [3.8, 4) is 17.7 Å². The van der Waals surface area contributed by atoms with Gasteiger partial charge >= 0.3 is 0 Å². The van der Waals surface area contributed by atoms with E-state index in [0.29, 0.717) is 11.3 Å². The summed E-state index contributed by atoms with van der Waals surface area (Å²) in [5.41, 5.74) is 1.97. The van der Waals surface area contributed by atoms with Gasteiger partial charge in [-0.05, 0) is 62.6 Å². The van der Waals surface area contributed by atoms with Gasteiger partial charge in [0, 0.05) is 25.0 Å². The molecular weight excluding hydrogens is 392 g/mol. The zero-order valence-corrected chi connectivity index (χ0v) is 18.8. The first-order valence-electron chi connectivity index (χ1n) is 10.6. The number of aromatic nitrogens is 1. The average molecular weight is 423 g/mol. The van der Waals surface area contributed by atoms with Gasteiger partial charge in [-0.3, -0.25) is 9.69 Å². The second-order valence-corrected chi connectivity index (χ2v) is 8.44. The van der Waals surface area contributed by atoms with Gasteiger partial charge in [-0.1, -0.05) is 13.8 Å². The molecule has 1 aliphatic rings. The zero-order valence-electron chi connectivity index (χ0n) is 18.8. The maximum Gasteiger partial charge on any atom is 0.242 e. The largest absolute Gasteiger partial charge is 0.438 e. The van der Waals surface area contributed by atoms with Gasteiger partial charge in [-0.15, -0.1) is 0 Å². The molecule has 3 atom stereocenters. The molecule has 2 aromatic rings. The highest BCUT2D eigenvalue weighted by Crippen LogP contribution is 2.27. The molecule has 0 spiro atoms. The molecule has 164 valence electrons. The van der Waals surface area contributed by atoms with E-state index in [2.05, 4.69) is 35.1 Å². The molecule has 1 N–H and O–H groups in total. The van der Waals surface area contributed by atoms with Crippen molar-refractivity contribution >= 4 is 11.6 Å². The zero-order chi connectivity index (χ0) is 22.5. The van der Waals surface area contributed by atoms with Crippen molar-refractivity contribution in [3.63, 3.8) is 0 Å². The Morgan fingerprint density at radius 2 is 2.00 bits per heavy atom. The Morgan fingerprint density at radius 3 is 2.61 bits per heavy atom. The number of morpholine rings is 1. The minimum Gasteiger partial charge on any atom is -0.438 e. The molecule has 1 aliphatic heterocycles. The maximum atomic E-state index is 13.2. The van der Waals surface area contributed by atoms with Crippen molar-refractivity contribution in [1.82, 2.24) is 9.88 Å². The first kappa shape index (κ1) is 22.7. The van der Waals surface area contributed by atoms with E-state index >= 15 is 0 Å². The number of carbonyl (C=O) groups is 1. The van der Waals surface area contributed by atoms with Crippen LogP contribution in [0, 0.1) is 24.2 Å². The molecule has 7 nitrogen and oxygen atoms in total. The normalized spacial score (nSPS) is 20.2. The molecule has 31 heavy (non-hydrogen) atoms. The van der Waals surface area contributed by atoms with Crippen LogP contribution in [0.25, 0.3) is 0 Å². The van der Waals surface area contributed by atoms with Crippen LogP contribution in [-0.4, -0.2) is 47.1 Å². The summed E-state index contributed by atoms with van der Waals surface area (Å²) in [6, 6.07) is 10.6. The third-order valence-electron chi connectivity index (χ3n) is 5.30. The van der Waals surface area contributed by atoms with E-state index in [1.807, 2.05) is 32.9 Å². The van der Waals surface area contributed by atoms with Gasteiger partial charge < -0.3 is 14.8 Å². The number of nitriles is 1. The van der Waals surface area contributed by atoms with Crippen LogP contribution < -0.4 is 10.1 Å². The third-order valence-corrected chi connectivity index (χ3v) is 5.30. The highest BCUT2D eigenvalue weighted by molar-refractivity contribution is 5.95. The summed E-state index contributed by atoms with van der Waals surface area (Å²) in [4.78, 5) is 19.5. The Balaban J connectivity index is 1.74. The number of aryl methyl sites for hydroxylation is 1. The van der Waals surface area contributed by atoms with Crippen LogP contribution in [0.2, 0.25) is 0 Å². The summed E-state index contributed by atoms with van der Waals surface area (Å²) in [5, 5.41) is 12.3. The van der Waals surface area contributed by atoms with E-state index in [1.165, 1.54) is 0 Å². The molecule has 1 fully saturated rings. The maximum absolute atomic E-state index is 13.2. The summed E-state index contributed by atoms with van der Waals surface area (Å²) in [6.45, 7) is 11.6. The number of amides is 1. The van der Waals surface area contributed by atoms with Crippen molar-refractivity contribution in [2.24, 2.45) is 5.92 Å². The van der Waals surface area contributed by atoms with E-state index in [-0.39, 0.29) is 36.0 Å². The highest BCUT2D eigenvalue weighted by Gasteiger charge is 2.34. The summed E-state index contributed by atoms with van der Waals surface area (Å²) >= 11 is 0. The van der Waals surface area contributed by atoms with E-state index < -0.39 is 0 Å². The minimum atomic E-state index is -0.240. The average Bonchev–Trinajstić information content (AvgIpc) is 2.69. The van der Waals surface area contributed by atoms with E-state index in [0.717, 1.165) is 24.3 Å². The van der Waals surface area contributed by atoms with Gasteiger partial charge in [0.05, 0.1) is 18.2 Å². The molecule has 3 unspecified atom stereocenters. The molecule has 1 amide bonds. The number of rotatable bonds is 6. The van der Waals surface area contributed by atoms with E-state index in [1.54, 1.807) is 24.4 Å². The topological polar surface area (TPSA) is 87.5 Å². The van der Waals surface area contributed by atoms with Crippen LogP contribution >= 0.6 is 0 Å². The molecule has 1 aromatic heterocycles. The lowest BCUT2D eigenvalue weighted by Crippen LogP contribution is -2.55. The summed E-state index contributed by atoms with van der Waals surface area (Å²) in [5.74, 6) is 0.956. The van der Waals surface area contributed by atoms with Gasteiger partial charge in [0.1, 0.15) is 17.4 Å². The lowest BCUT2D eigenvalue weighted by Gasteiger charge is -2.41. The lowest BCUT2D eigenvalue weighted by molar-refractivity contribution is -0.130. The number of benzene rings is 1. The highest BCUT2D eigenvalue weighted by atomic mass is 16.5. The fourth-order valence-corrected chi connectivity index (χ4v) is 4.05. The van der Waals surface area contributed by atoms with Crippen molar-refractivity contribution in [3.05, 3.63) is 47.7 Å². The first-order chi connectivity index (χ1) is 14.8. The first-order valence-corrected chi connectivity index (χ1v) is 10.6. The van der Waals surface area contributed by atoms with Gasteiger partial charge in [0.2, 0.25) is 11.8 Å². The van der Waals surface area contributed by atoms with Crippen LogP contribution in [0.5, 0.6) is 11.6 Å². The predicted molar refractivity (Wildman–Crippen MR) is 119 cm³/mol. The van der Waals surface area contributed by atoms with E-state index in [9.17, 15) is 10.1 Å². The quantitative estimate of drug-likeness (QED) is 0.753. The van der Waals surface area contributed by atoms with Crippen molar-refractivity contribution < 1.29 is 14.3 Å². The minimum absolute atomic E-state index is 0.0236. The monoisotopic (exact) mass is 422 g/mol. The summed E-state index contributed by atoms with van der Waals surface area (Å²) in [7, 11) is 0. The molecule has 0 aliphatic carbocycles. The number of hydrogen-bond acceptors (Lipinski definition) is 6. The van der Waals surface area contributed by atoms with Crippen molar-refractivity contribution in [1.29, 1.82) is 5.26 Å². The summed E-state index contributed by atoms with van der Waals surface area (Å²) < 4.78 is 11.6.